The fourth-order valence-corrected chi connectivity index (χ4v) is 2.46. The van der Waals surface area contributed by atoms with Gasteiger partial charge in [0.05, 0.1) is 25.3 Å². The molecule has 2 aromatic heterocycles. The maximum Gasteiger partial charge on any atom is 0.223 e. The van der Waals surface area contributed by atoms with Crippen LogP contribution in [0.5, 0.6) is 0 Å². The van der Waals surface area contributed by atoms with Crippen LogP contribution in [0.3, 0.4) is 0 Å². The van der Waals surface area contributed by atoms with E-state index in [-0.39, 0.29) is 11.8 Å². The summed E-state index contributed by atoms with van der Waals surface area (Å²) in [5, 5.41) is 7.26. The first-order chi connectivity index (χ1) is 10.3. The van der Waals surface area contributed by atoms with Gasteiger partial charge < -0.3 is 14.5 Å². The van der Waals surface area contributed by atoms with Gasteiger partial charge in [-0.2, -0.15) is 5.10 Å². The van der Waals surface area contributed by atoms with Crippen molar-refractivity contribution < 1.29 is 13.9 Å². The van der Waals surface area contributed by atoms with Crippen molar-refractivity contribution in [1.29, 1.82) is 0 Å². The average molecular weight is 289 g/mol. The highest BCUT2D eigenvalue weighted by atomic mass is 16.5. The normalized spacial score (nSPS) is 16.0. The molecule has 0 unspecified atom stereocenters. The number of carbonyl (C=O) groups is 1. The van der Waals surface area contributed by atoms with Crippen LogP contribution >= 0.6 is 0 Å². The van der Waals surface area contributed by atoms with Gasteiger partial charge in [-0.3, -0.25) is 9.48 Å². The van der Waals surface area contributed by atoms with Crippen LogP contribution in [0.4, 0.5) is 0 Å². The zero-order valence-corrected chi connectivity index (χ0v) is 11.8. The van der Waals surface area contributed by atoms with Crippen LogP contribution in [0, 0.1) is 5.92 Å². The molecular formula is C15H19N3O3. The minimum absolute atomic E-state index is 0.0952. The Bertz CT molecular complexity index is 571. The monoisotopic (exact) mass is 289 g/mol. The predicted molar refractivity (Wildman–Crippen MR) is 76.5 cm³/mol. The molecule has 0 saturated carbocycles. The van der Waals surface area contributed by atoms with Crippen molar-refractivity contribution in [3.05, 3.63) is 31.0 Å². The van der Waals surface area contributed by atoms with E-state index in [1.54, 1.807) is 18.7 Å². The summed E-state index contributed by atoms with van der Waals surface area (Å²) in [6, 6.07) is 1.90. The van der Waals surface area contributed by atoms with Crippen LogP contribution < -0.4 is 5.32 Å². The molecule has 0 radical (unpaired) electrons. The molecule has 1 aliphatic rings. The number of hydrogen-bond donors (Lipinski definition) is 1. The Kier molecular flexibility index (Phi) is 4.35. The minimum Gasteiger partial charge on any atom is -0.472 e. The maximum atomic E-state index is 12.0. The highest BCUT2D eigenvalue weighted by molar-refractivity contribution is 5.78. The van der Waals surface area contributed by atoms with E-state index in [0.717, 1.165) is 24.0 Å². The fraction of sp³-hybridized carbons (Fsp3) is 0.467. The third kappa shape index (κ3) is 3.52. The Balaban J connectivity index is 1.46. The number of nitrogens with zero attached hydrogens (tertiary/aromatic N) is 2. The van der Waals surface area contributed by atoms with Gasteiger partial charge in [0.2, 0.25) is 5.91 Å². The molecule has 3 rings (SSSR count). The molecule has 1 fully saturated rings. The lowest BCUT2D eigenvalue weighted by atomic mass is 9.99. The van der Waals surface area contributed by atoms with E-state index in [4.69, 9.17) is 9.15 Å². The van der Waals surface area contributed by atoms with E-state index >= 15 is 0 Å². The molecule has 0 spiro atoms. The molecule has 3 heterocycles. The quantitative estimate of drug-likeness (QED) is 0.909. The summed E-state index contributed by atoms with van der Waals surface area (Å²) in [7, 11) is 0. The molecule has 1 amide bonds. The number of amides is 1. The van der Waals surface area contributed by atoms with Gasteiger partial charge >= 0.3 is 0 Å². The largest absolute Gasteiger partial charge is 0.472 e. The van der Waals surface area contributed by atoms with Gasteiger partial charge in [-0.05, 0) is 18.9 Å². The maximum absolute atomic E-state index is 12.0. The van der Waals surface area contributed by atoms with Crippen molar-refractivity contribution >= 4 is 5.91 Å². The highest BCUT2D eigenvalue weighted by Crippen LogP contribution is 2.18. The molecule has 0 atom stereocenters. The van der Waals surface area contributed by atoms with Crippen LogP contribution in [0.25, 0.3) is 11.1 Å². The SMILES string of the molecule is O=C(NCCn1cc(-c2ccoc2)cn1)C1CCOCC1. The first-order valence-electron chi connectivity index (χ1n) is 7.23. The summed E-state index contributed by atoms with van der Waals surface area (Å²) in [6.07, 6.45) is 8.71. The number of hydrogen-bond acceptors (Lipinski definition) is 4. The Hall–Kier alpha value is -2.08. The van der Waals surface area contributed by atoms with E-state index in [0.29, 0.717) is 26.3 Å². The highest BCUT2D eigenvalue weighted by Gasteiger charge is 2.20. The summed E-state index contributed by atoms with van der Waals surface area (Å²) in [5.41, 5.74) is 2.02. The predicted octanol–water partition coefficient (Wildman–Crippen LogP) is 1.69. The second-order valence-corrected chi connectivity index (χ2v) is 5.18. The van der Waals surface area contributed by atoms with Crippen molar-refractivity contribution in [2.75, 3.05) is 19.8 Å². The summed E-state index contributed by atoms with van der Waals surface area (Å²) >= 11 is 0. The van der Waals surface area contributed by atoms with Crippen molar-refractivity contribution in [2.24, 2.45) is 5.92 Å². The lowest BCUT2D eigenvalue weighted by Crippen LogP contribution is -2.35. The third-order valence-corrected chi connectivity index (χ3v) is 3.72. The van der Waals surface area contributed by atoms with Crippen molar-refractivity contribution in [3.63, 3.8) is 0 Å². The molecule has 2 aromatic rings. The number of ether oxygens (including phenoxy) is 1. The number of furan rings is 1. The Morgan fingerprint density at radius 3 is 3.00 bits per heavy atom. The first-order valence-corrected chi connectivity index (χ1v) is 7.23. The van der Waals surface area contributed by atoms with Gasteiger partial charge in [-0.1, -0.05) is 0 Å². The van der Waals surface area contributed by atoms with Gasteiger partial charge in [0, 0.05) is 43.0 Å². The third-order valence-electron chi connectivity index (χ3n) is 3.72. The first kappa shape index (κ1) is 13.9. The zero-order chi connectivity index (χ0) is 14.5. The van der Waals surface area contributed by atoms with Gasteiger partial charge in [0.1, 0.15) is 0 Å². The van der Waals surface area contributed by atoms with Crippen LogP contribution in [-0.2, 0) is 16.1 Å². The van der Waals surface area contributed by atoms with Gasteiger partial charge in [0.15, 0.2) is 0 Å². The van der Waals surface area contributed by atoms with E-state index in [2.05, 4.69) is 10.4 Å². The topological polar surface area (TPSA) is 69.3 Å². The summed E-state index contributed by atoms with van der Waals surface area (Å²) in [6.45, 7) is 2.62. The number of aromatic nitrogens is 2. The van der Waals surface area contributed by atoms with Crippen molar-refractivity contribution in [1.82, 2.24) is 15.1 Å². The molecular weight excluding hydrogens is 270 g/mol. The standard InChI is InChI=1S/C15H19N3O3/c19-15(12-1-6-20-7-2-12)16-4-5-18-10-14(9-17-18)13-3-8-21-11-13/h3,8-12H,1-2,4-7H2,(H,16,19). The Labute approximate surface area is 123 Å². The molecule has 6 heteroatoms. The van der Waals surface area contributed by atoms with E-state index in [9.17, 15) is 4.79 Å². The second-order valence-electron chi connectivity index (χ2n) is 5.18. The van der Waals surface area contributed by atoms with E-state index < -0.39 is 0 Å². The number of carbonyl (C=O) groups excluding carboxylic acids is 1. The molecule has 1 aliphatic heterocycles. The Morgan fingerprint density at radius 1 is 1.38 bits per heavy atom. The van der Waals surface area contributed by atoms with Crippen molar-refractivity contribution in [3.8, 4) is 11.1 Å². The van der Waals surface area contributed by atoms with Crippen molar-refractivity contribution in [2.45, 2.75) is 19.4 Å². The molecule has 1 N–H and O–H groups in total. The molecule has 0 aromatic carbocycles. The molecule has 21 heavy (non-hydrogen) atoms. The minimum atomic E-state index is 0.0952. The van der Waals surface area contributed by atoms with Crippen LogP contribution in [-0.4, -0.2) is 35.4 Å². The lowest BCUT2D eigenvalue weighted by Gasteiger charge is -2.21. The smallest absolute Gasteiger partial charge is 0.223 e. The molecule has 6 nitrogen and oxygen atoms in total. The molecule has 112 valence electrons. The van der Waals surface area contributed by atoms with Gasteiger partial charge in [0.25, 0.3) is 0 Å². The summed E-state index contributed by atoms with van der Waals surface area (Å²) in [4.78, 5) is 12.0. The van der Waals surface area contributed by atoms with E-state index in [1.165, 1.54) is 0 Å². The van der Waals surface area contributed by atoms with E-state index in [1.807, 2.05) is 16.9 Å². The van der Waals surface area contributed by atoms with Gasteiger partial charge in [-0.15, -0.1) is 0 Å². The number of nitrogens with one attached hydrogen (secondary N) is 1. The zero-order valence-electron chi connectivity index (χ0n) is 11.8. The average Bonchev–Trinajstić information content (AvgIpc) is 3.19. The van der Waals surface area contributed by atoms with Crippen LogP contribution in [0.15, 0.2) is 35.4 Å². The van der Waals surface area contributed by atoms with Gasteiger partial charge in [-0.25, -0.2) is 0 Å². The Morgan fingerprint density at radius 2 is 2.24 bits per heavy atom. The molecule has 1 saturated heterocycles. The summed E-state index contributed by atoms with van der Waals surface area (Å²) < 4.78 is 12.1. The van der Waals surface area contributed by atoms with Crippen LogP contribution in [0.2, 0.25) is 0 Å². The molecule has 0 aliphatic carbocycles. The lowest BCUT2D eigenvalue weighted by molar-refractivity contribution is -0.127. The van der Waals surface area contributed by atoms with Crippen LogP contribution in [0.1, 0.15) is 12.8 Å². The molecule has 0 bridgehead atoms. The second kappa shape index (κ2) is 6.58. The fourth-order valence-electron chi connectivity index (χ4n) is 2.46. The number of rotatable bonds is 5. The summed E-state index contributed by atoms with van der Waals surface area (Å²) in [5.74, 6) is 0.221.